The zero-order valence-electron chi connectivity index (χ0n) is 11.6. The Morgan fingerprint density at radius 2 is 2.16 bits per heavy atom. The van der Waals surface area contributed by atoms with Gasteiger partial charge in [-0.2, -0.15) is 0 Å². The standard InChI is InChI=1S/C13H24N4O.ClH/c1-2-3-6-9-15-12(18)8-5-4-7-11-10-16-13(14)17-11;/h10H,2-9H2,1H3,(H,15,18)(H3,14,16,17);1H. The molecule has 0 atom stereocenters. The van der Waals surface area contributed by atoms with Crippen LogP contribution in [0.25, 0.3) is 0 Å². The number of nitrogens with one attached hydrogen (secondary N) is 2. The minimum Gasteiger partial charge on any atom is -0.369 e. The van der Waals surface area contributed by atoms with E-state index in [4.69, 9.17) is 5.73 Å². The molecule has 1 aromatic heterocycles. The molecule has 0 radical (unpaired) electrons. The van der Waals surface area contributed by atoms with Gasteiger partial charge in [-0.3, -0.25) is 4.79 Å². The SMILES string of the molecule is CCCCCNC(=O)CCCCc1cnc(N)[nH]1.Cl. The van der Waals surface area contributed by atoms with Crippen LogP contribution in [-0.4, -0.2) is 22.4 Å². The van der Waals surface area contributed by atoms with E-state index in [2.05, 4.69) is 22.2 Å². The molecule has 0 unspecified atom stereocenters. The topological polar surface area (TPSA) is 83.8 Å². The summed E-state index contributed by atoms with van der Waals surface area (Å²) in [6, 6.07) is 0. The van der Waals surface area contributed by atoms with Crippen molar-refractivity contribution in [3.63, 3.8) is 0 Å². The Morgan fingerprint density at radius 1 is 1.37 bits per heavy atom. The molecule has 0 saturated carbocycles. The van der Waals surface area contributed by atoms with E-state index >= 15 is 0 Å². The largest absolute Gasteiger partial charge is 0.369 e. The van der Waals surface area contributed by atoms with Crippen molar-refractivity contribution in [3.8, 4) is 0 Å². The molecule has 4 N–H and O–H groups in total. The van der Waals surface area contributed by atoms with Crippen molar-refractivity contribution < 1.29 is 4.79 Å². The number of aromatic amines is 1. The fraction of sp³-hybridized carbons (Fsp3) is 0.692. The number of nitrogens with two attached hydrogens (primary N) is 1. The molecule has 0 spiro atoms. The Kier molecular flexibility index (Phi) is 9.98. The number of amides is 1. The monoisotopic (exact) mass is 288 g/mol. The number of aryl methyl sites for hydroxylation is 1. The minimum absolute atomic E-state index is 0. The molecular weight excluding hydrogens is 264 g/mol. The third-order valence-corrected chi connectivity index (χ3v) is 2.85. The summed E-state index contributed by atoms with van der Waals surface area (Å²) in [4.78, 5) is 18.4. The molecular formula is C13H25ClN4O. The number of aromatic nitrogens is 2. The van der Waals surface area contributed by atoms with Crippen LogP contribution < -0.4 is 11.1 Å². The minimum atomic E-state index is 0. The number of unbranched alkanes of at least 4 members (excludes halogenated alkanes) is 3. The van der Waals surface area contributed by atoms with Gasteiger partial charge in [-0.15, -0.1) is 12.4 Å². The highest BCUT2D eigenvalue weighted by atomic mass is 35.5. The molecule has 0 aliphatic heterocycles. The molecule has 0 fully saturated rings. The number of anilines is 1. The van der Waals surface area contributed by atoms with Crippen molar-refractivity contribution in [2.45, 2.75) is 51.9 Å². The predicted octanol–water partition coefficient (Wildman–Crippen LogP) is 2.43. The van der Waals surface area contributed by atoms with Gasteiger partial charge in [0, 0.05) is 18.7 Å². The summed E-state index contributed by atoms with van der Waals surface area (Å²) in [7, 11) is 0. The Hall–Kier alpha value is -1.23. The summed E-state index contributed by atoms with van der Waals surface area (Å²) in [5.41, 5.74) is 6.52. The van der Waals surface area contributed by atoms with Crippen molar-refractivity contribution in [1.82, 2.24) is 15.3 Å². The van der Waals surface area contributed by atoms with Gasteiger partial charge >= 0.3 is 0 Å². The van der Waals surface area contributed by atoms with Crippen LogP contribution in [0.4, 0.5) is 5.95 Å². The molecule has 1 heterocycles. The summed E-state index contributed by atoms with van der Waals surface area (Å²) < 4.78 is 0. The van der Waals surface area contributed by atoms with Crippen molar-refractivity contribution in [3.05, 3.63) is 11.9 Å². The third-order valence-electron chi connectivity index (χ3n) is 2.85. The van der Waals surface area contributed by atoms with Gasteiger partial charge in [0.2, 0.25) is 5.91 Å². The number of hydrogen-bond acceptors (Lipinski definition) is 3. The van der Waals surface area contributed by atoms with Gasteiger partial charge in [-0.05, 0) is 25.7 Å². The lowest BCUT2D eigenvalue weighted by Gasteiger charge is -2.04. The van der Waals surface area contributed by atoms with E-state index in [1.165, 1.54) is 12.8 Å². The van der Waals surface area contributed by atoms with Gasteiger partial charge in [-0.25, -0.2) is 4.98 Å². The molecule has 0 bridgehead atoms. The summed E-state index contributed by atoms with van der Waals surface area (Å²) in [5, 5.41) is 2.94. The number of nitrogen functional groups attached to an aromatic ring is 1. The molecule has 110 valence electrons. The second kappa shape index (κ2) is 10.7. The number of carbonyl (C=O) groups is 1. The van der Waals surface area contributed by atoms with Gasteiger partial charge < -0.3 is 16.0 Å². The number of carbonyl (C=O) groups excluding carboxylic acids is 1. The Labute approximate surface area is 121 Å². The van der Waals surface area contributed by atoms with E-state index in [1.54, 1.807) is 6.20 Å². The molecule has 1 rings (SSSR count). The van der Waals surface area contributed by atoms with E-state index in [-0.39, 0.29) is 18.3 Å². The molecule has 0 aliphatic carbocycles. The van der Waals surface area contributed by atoms with Crippen molar-refractivity contribution >= 4 is 24.3 Å². The molecule has 5 nitrogen and oxygen atoms in total. The maximum Gasteiger partial charge on any atom is 0.219 e. The fourth-order valence-corrected chi connectivity index (χ4v) is 1.80. The first-order valence-corrected chi connectivity index (χ1v) is 6.78. The molecule has 6 heteroatoms. The number of imidazole rings is 1. The van der Waals surface area contributed by atoms with E-state index in [0.29, 0.717) is 12.4 Å². The van der Waals surface area contributed by atoms with Crippen molar-refractivity contribution in [2.24, 2.45) is 0 Å². The van der Waals surface area contributed by atoms with Gasteiger partial charge in [0.1, 0.15) is 0 Å². The van der Waals surface area contributed by atoms with Crippen molar-refractivity contribution in [1.29, 1.82) is 0 Å². The summed E-state index contributed by atoms with van der Waals surface area (Å²) in [6.07, 6.45) is 8.58. The zero-order chi connectivity index (χ0) is 13.2. The van der Waals surface area contributed by atoms with E-state index in [0.717, 1.165) is 37.9 Å². The predicted molar refractivity (Wildman–Crippen MR) is 80.3 cm³/mol. The number of H-pyrrole nitrogens is 1. The quantitative estimate of drug-likeness (QED) is 0.610. The van der Waals surface area contributed by atoms with Crippen LogP contribution in [0, 0.1) is 0 Å². The molecule has 0 saturated heterocycles. The highest BCUT2D eigenvalue weighted by molar-refractivity contribution is 5.85. The van der Waals surface area contributed by atoms with E-state index in [9.17, 15) is 4.79 Å². The lowest BCUT2D eigenvalue weighted by atomic mass is 10.1. The molecule has 19 heavy (non-hydrogen) atoms. The van der Waals surface area contributed by atoms with E-state index in [1.807, 2.05) is 0 Å². The zero-order valence-corrected chi connectivity index (χ0v) is 12.4. The van der Waals surface area contributed by atoms with E-state index < -0.39 is 0 Å². The fourth-order valence-electron chi connectivity index (χ4n) is 1.80. The third kappa shape index (κ3) is 8.48. The normalized spacial score (nSPS) is 9.95. The smallest absolute Gasteiger partial charge is 0.219 e. The number of rotatable bonds is 9. The molecule has 0 aromatic carbocycles. The second-order valence-corrected chi connectivity index (χ2v) is 4.56. The van der Waals surface area contributed by atoms with Crippen LogP contribution in [0.2, 0.25) is 0 Å². The number of nitrogens with zero attached hydrogens (tertiary/aromatic N) is 1. The van der Waals surface area contributed by atoms with Crippen LogP contribution in [0.15, 0.2) is 6.20 Å². The van der Waals surface area contributed by atoms with Gasteiger partial charge in [0.25, 0.3) is 0 Å². The average Bonchev–Trinajstić information content (AvgIpc) is 2.76. The van der Waals surface area contributed by atoms with Crippen molar-refractivity contribution in [2.75, 3.05) is 12.3 Å². The Morgan fingerprint density at radius 3 is 2.79 bits per heavy atom. The summed E-state index contributed by atoms with van der Waals surface area (Å²) >= 11 is 0. The first-order valence-electron chi connectivity index (χ1n) is 6.78. The van der Waals surface area contributed by atoms with Crippen LogP contribution in [-0.2, 0) is 11.2 Å². The lowest BCUT2D eigenvalue weighted by Crippen LogP contribution is -2.23. The first kappa shape index (κ1) is 17.8. The number of halogens is 1. The Balaban J connectivity index is 0.00000324. The molecule has 0 aliphatic rings. The first-order chi connectivity index (χ1) is 8.72. The maximum absolute atomic E-state index is 11.5. The lowest BCUT2D eigenvalue weighted by molar-refractivity contribution is -0.121. The highest BCUT2D eigenvalue weighted by Crippen LogP contribution is 2.05. The summed E-state index contributed by atoms with van der Waals surface area (Å²) in [5.74, 6) is 0.619. The van der Waals surface area contributed by atoms with Gasteiger partial charge in [0.05, 0.1) is 6.20 Å². The average molecular weight is 289 g/mol. The van der Waals surface area contributed by atoms with Gasteiger partial charge in [-0.1, -0.05) is 19.8 Å². The highest BCUT2D eigenvalue weighted by Gasteiger charge is 2.01. The molecule has 1 aromatic rings. The number of hydrogen-bond donors (Lipinski definition) is 3. The maximum atomic E-state index is 11.5. The summed E-state index contributed by atoms with van der Waals surface area (Å²) in [6.45, 7) is 2.97. The van der Waals surface area contributed by atoms with Crippen LogP contribution in [0.3, 0.4) is 0 Å². The van der Waals surface area contributed by atoms with Crippen LogP contribution >= 0.6 is 12.4 Å². The molecule has 1 amide bonds. The van der Waals surface area contributed by atoms with Gasteiger partial charge in [0.15, 0.2) is 5.95 Å². The van der Waals surface area contributed by atoms with Crippen LogP contribution in [0.5, 0.6) is 0 Å². The second-order valence-electron chi connectivity index (χ2n) is 4.56. The van der Waals surface area contributed by atoms with Crippen LogP contribution in [0.1, 0.15) is 51.1 Å². The Bertz CT molecular complexity index is 354.